The fraction of sp³-hybridized carbons (Fsp3) is 0.400. The molecule has 0 unspecified atom stereocenters. The minimum atomic E-state index is 0.642. The van der Waals surface area contributed by atoms with Crippen LogP contribution < -0.4 is 10.1 Å². The second-order valence-electron chi connectivity index (χ2n) is 4.48. The molecule has 1 aromatic carbocycles. The van der Waals surface area contributed by atoms with E-state index >= 15 is 0 Å². The predicted molar refractivity (Wildman–Crippen MR) is 82.6 cm³/mol. The first kappa shape index (κ1) is 14.7. The Hall–Kier alpha value is -1.68. The zero-order chi connectivity index (χ0) is 14.5. The molecular weight excluding hydrogens is 274 g/mol. The van der Waals surface area contributed by atoms with Crippen molar-refractivity contribution in [1.29, 1.82) is 0 Å². The van der Waals surface area contributed by atoms with Gasteiger partial charge in [-0.1, -0.05) is 17.7 Å². The lowest BCUT2D eigenvalue weighted by atomic mass is 10.3. The van der Waals surface area contributed by atoms with Crippen molar-refractivity contribution in [2.45, 2.75) is 33.9 Å². The van der Waals surface area contributed by atoms with E-state index < -0.39 is 0 Å². The van der Waals surface area contributed by atoms with E-state index in [4.69, 9.17) is 16.3 Å². The number of rotatable bonds is 6. The molecule has 0 fully saturated rings. The van der Waals surface area contributed by atoms with Crippen LogP contribution in [-0.4, -0.2) is 16.4 Å². The van der Waals surface area contributed by atoms with Gasteiger partial charge in [-0.25, -0.2) is 0 Å². The molecule has 4 nitrogen and oxygen atoms in total. The predicted octanol–water partition coefficient (Wildman–Crippen LogP) is 3.88. The van der Waals surface area contributed by atoms with Gasteiger partial charge >= 0.3 is 0 Å². The monoisotopic (exact) mass is 293 g/mol. The summed E-state index contributed by atoms with van der Waals surface area (Å²) in [6.45, 7) is 8.07. The zero-order valence-electron chi connectivity index (χ0n) is 12.1. The molecular formula is C15H20ClN3O. The molecule has 0 radical (unpaired) electrons. The van der Waals surface area contributed by atoms with Gasteiger partial charge in [0.05, 0.1) is 29.6 Å². The van der Waals surface area contributed by atoms with Crippen LogP contribution >= 0.6 is 11.6 Å². The number of halogens is 1. The number of hydrogen-bond donors (Lipinski definition) is 1. The van der Waals surface area contributed by atoms with Crippen LogP contribution in [0.15, 0.2) is 24.3 Å². The van der Waals surface area contributed by atoms with Crippen molar-refractivity contribution in [3.8, 4) is 5.75 Å². The van der Waals surface area contributed by atoms with Gasteiger partial charge in [-0.2, -0.15) is 5.10 Å². The van der Waals surface area contributed by atoms with Crippen LogP contribution in [0.3, 0.4) is 0 Å². The second kappa shape index (κ2) is 6.66. The summed E-state index contributed by atoms with van der Waals surface area (Å²) < 4.78 is 7.42. The molecule has 0 amide bonds. The maximum atomic E-state index is 6.29. The topological polar surface area (TPSA) is 39.1 Å². The van der Waals surface area contributed by atoms with Crippen LogP contribution in [-0.2, 0) is 13.1 Å². The fourth-order valence-electron chi connectivity index (χ4n) is 2.09. The molecule has 0 aliphatic carbocycles. The van der Waals surface area contributed by atoms with Crippen LogP contribution in [0.1, 0.15) is 25.2 Å². The first-order valence-electron chi connectivity index (χ1n) is 6.84. The van der Waals surface area contributed by atoms with Gasteiger partial charge in [-0.3, -0.25) is 4.68 Å². The Morgan fingerprint density at radius 1 is 1.35 bits per heavy atom. The van der Waals surface area contributed by atoms with Crippen molar-refractivity contribution in [2.75, 3.05) is 11.9 Å². The van der Waals surface area contributed by atoms with E-state index in [0.717, 1.165) is 34.4 Å². The number of ether oxygens (including phenoxy) is 1. The average Bonchev–Trinajstić information content (AvgIpc) is 2.73. The van der Waals surface area contributed by atoms with Gasteiger partial charge in [0.25, 0.3) is 0 Å². The molecule has 1 aromatic heterocycles. The Bertz CT molecular complexity index is 580. The Morgan fingerprint density at radius 3 is 2.85 bits per heavy atom. The fourth-order valence-corrected chi connectivity index (χ4v) is 2.29. The van der Waals surface area contributed by atoms with E-state index in [1.165, 1.54) is 0 Å². The standard InChI is InChI=1S/C15H20ClN3O/c1-4-19-14(15(16)11(3)18-19)10-17-12-7-6-8-13(9-12)20-5-2/h6-9,17H,4-5,10H2,1-3H3. The quantitative estimate of drug-likeness (QED) is 0.878. The van der Waals surface area contributed by atoms with Gasteiger partial charge in [0, 0.05) is 18.3 Å². The van der Waals surface area contributed by atoms with Gasteiger partial charge in [0.1, 0.15) is 5.75 Å². The van der Waals surface area contributed by atoms with Gasteiger partial charge in [-0.15, -0.1) is 0 Å². The molecule has 0 aliphatic heterocycles. The SMILES string of the molecule is CCOc1cccc(NCc2c(Cl)c(C)nn2CC)c1. The van der Waals surface area contributed by atoms with Crippen molar-refractivity contribution in [3.05, 3.63) is 40.7 Å². The van der Waals surface area contributed by atoms with E-state index in [1.54, 1.807) is 0 Å². The summed E-state index contributed by atoms with van der Waals surface area (Å²) in [5.74, 6) is 0.865. The highest BCUT2D eigenvalue weighted by Gasteiger charge is 2.12. The highest BCUT2D eigenvalue weighted by atomic mass is 35.5. The summed E-state index contributed by atoms with van der Waals surface area (Å²) in [5, 5.41) is 8.51. The third-order valence-electron chi connectivity index (χ3n) is 3.06. The lowest BCUT2D eigenvalue weighted by Gasteiger charge is -2.10. The largest absolute Gasteiger partial charge is 0.494 e. The van der Waals surface area contributed by atoms with Crippen molar-refractivity contribution in [2.24, 2.45) is 0 Å². The molecule has 0 saturated heterocycles. The molecule has 1 N–H and O–H groups in total. The average molecular weight is 294 g/mol. The lowest BCUT2D eigenvalue weighted by molar-refractivity contribution is 0.340. The van der Waals surface area contributed by atoms with E-state index in [-0.39, 0.29) is 0 Å². The van der Waals surface area contributed by atoms with E-state index in [2.05, 4.69) is 17.3 Å². The van der Waals surface area contributed by atoms with Crippen LogP contribution in [0.2, 0.25) is 5.02 Å². The number of anilines is 1. The van der Waals surface area contributed by atoms with Gasteiger partial charge in [0.15, 0.2) is 0 Å². The van der Waals surface area contributed by atoms with Crippen LogP contribution in [0.4, 0.5) is 5.69 Å². The van der Waals surface area contributed by atoms with Gasteiger partial charge in [0.2, 0.25) is 0 Å². The number of nitrogens with one attached hydrogen (secondary N) is 1. The number of aryl methyl sites for hydroxylation is 2. The van der Waals surface area contributed by atoms with Gasteiger partial charge in [-0.05, 0) is 32.9 Å². The molecule has 2 rings (SSSR count). The molecule has 0 atom stereocenters. The smallest absolute Gasteiger partial charge is 0.121 e. The normalized spacial score (nSPS) is 10.6. The van der Waals surface area contributed by atoms with E-state index in [1.807, 2.05) is 42.8 Å². The third kappa shape index (κ3) is 3.25. The molecule has 5 heteroatoms. The first-order valence-corrected chi connectivity index (χ1v) is 7.22. The van der Waals surface area contributed by atoms with Crippen LogP contribution in [0.5, 0.6) is 5.75 Å². The van der Waals surface area contributed by atoms with Crippen molar-refractivity contribution < 1.29 is 4.74 Å². The number of benzene rings is 1. The van der Waals surface area contributed by atoms with Crippen molar-refractivity contribution in [3.63, 3.8) is 0 Å². The molecule has 20 heavy (non-hydrogen) atoms. The zero-order valence-corrected chi connectivity index (χ0v) is 12.9. The molecule has 0 spiro atoms. The highest BCUT2D eigenvalue weighted by Crippen LogP contribution is 2.23. The maximum absolute atomic E-state index is 6.29. The Balaban J connectivity index is 2.10. The first-order chi connectivity index (χ1) is 9.65. The van der Waals surface area contributed by atoms with E-state index in [9.17, 15) is 0 Å². The molecule has 108 valence electrons. The van der Waals surface area contributed by atoms with Crippen LogP contribution in [0.25, 0.3) is 0 Å². The lowest BCUT2D eigenvalue weighted by Crippen LogP contribution is -2.08. The number of aromatic nitrogens is 2. The van der Waals surface area contributed by atoms with Gasteiger partial charge < -0.3 is 10.1 Å². The summed E-state index contributed by atoms with van der Waals surface area (Å²) in [5.41, 5.74) is 2.88. The van der Waals surface area contributed by atoms with Crippen molar-refractivity contribution in [1.82, 2.24) is 9.78 Å². The molecule has 2 aromatic rings. The summed E-state index contributed by atoms with van der Waals surface area (Å²) in [4.78, 5) is 0. The third-order valence-corrected chi connectivity index (χ3v) is 3.55. The van der Waals surface area contributed by atoms with Crippen molar-refractivity contribution >= 4 is 17.3 Å². The second-order valence-corrected chi connectivity index (χ2v) is 4.85. The van der Waals surface area contributed by atoms with E-state index in [0.29, 0.717) is 13.2 Å². The summed E-state index contributed by atoms with van der Waals surface area (Å²) in [7, 11) is 0. The van der Waals surface area contributed by atoms with Crippen LogP contribution in [0, 0.1) is 6.92 Å². The number of hydrogen-bond acceptors (Lipinski definition) is 3. The summed E-state index contributed by atoms with van der Waals surface area (Å²) in [6.07, 6.45) is 0. The number of nitrogens with zero attached hydrogens (tertiary/aromatic N) is 2. The molecule has 0 saturated carbocycles. The Labute approximate surface area is 124 Å². The molecule has 0 aliphatic rings. The minimum absolute atomic E-state index is 0.642. The maximum Gasteiger partial charge on any atom is 0.121 e. The summed E-state index contributed by atoms with van der Waals surface area (Å²) >= 11 is 6.29. The highest BCUT2D eigenvalue weighted by molar-refractivity contribution is 6.31. The molecule has 1 heterocycles. The minimum Gasteiger partial charge on any atom is -0.494 e. The molecule has 0 bridgehead atoms. The Morgan fingerprint density at radius 2 is 2.15 bits per heavy atom. The Kier molecular flexibility index (Phi) is 4.90. The summed E-state index contributed by atoms with van der Waals surface area (Å²) in [6, 6.07) is 7.91.